The lowest BCUT2D eigenvalue weighted by Gasteiger charge is -2.26. The van der Waals surface area contributed by atoms with E-state index in [0.717, 1.165) is 83.5 Å². The molecular weight excluding hydrogens is 479 g/mol. The molecule has 1 aliphatic heterocycles. The summed E-state index contributed by atoms with van der Waals surface area (Å²) >= 11 is 0. The van der Waals surface area contributed by atoms with Crippen molar-refractivity contribution < 1.29 is 9.15 Å². The number of halogens is 1. The first-order chi connectivity index (χ1) is 13.9. The van der Waals surface area contributed by atoms with Crippen molar-refractivity contribution in [2.24, 2.45) is 4.99 Å². The van der Waals surface area contributed by atoms with Crippen LogP contribution in [0.2, 0.25) is 0 Å². The van der Waals surface area contributed by atoms with Gasteiger partial charge in [-0.3, -0.25) is 9.89 Å². The summed E-state index contributed by atoms with van der Waals surface area (Å²) in [7, 11) is 0. The van der Waals surface area contributed by atoms with Crippen LogP contribution < -0.4 is 10.6 Å². The summed E-state index contributed by atoms with van der Waals surface area (Å²) in [4.78, 5) is 7.21. The molecule has 160 valence electrons. The molecule has 2 N–H and O–H groups in total. The van der Waals surface area contributed by atoms with E-state index in [1.165, 1.54) is 5.56 Å². The largest absolute Gasteiger partial charge is 0.469 e. The third-order valence-electron chi connectivity index (χ3n) is 4.80. The predicted molar refractivity (Wildman–Crippen MR) is 128 cm³/mol. The lowest BCUT2D eigenvalue weighted by molar-refractivity contribution is 0.0377. The van der Waals surface area contributed by atoms with Gasteiger partial charge in [-0.2, -0.15) is 0 Å². The van der Waals surface area contributed by atoms with Crippen molar-refractivity contribution >= 4 is 29.9 Å². The fourth-order valence-electron chi connectivity index (χ4n) is 3.21. The molecule has 0 bridgehead atoms. The molecule has 0 atom stereocenters. The molecule has 29 heavy (non-hydrogen) atoms. The van der Waals surface area contributed by atoms with Gasteiger partial charge in [0.25, 0.3) is 0 Å². The first kappa shape index (κ1) is 23.7. The molecule has 1 fully saturated rings. The summed E-state index contributed by atoms with van der Waals surface area (Å²) < 4.78 is 10.8. The number of nitrogens with zero attached hydrogens (tertiary/aromatic N) is 2. The molecule has 0 aliphatic carbocycles. The van der Waals surface area contributed by atoms with Gasteiger partial charge in [0.05, 0.1) is 19.5 Å². The van der Waals surface area contributed by atoms with Crippen molar-refractivity contribution in [3.63, 3.8) is 0 Å². The number of hydrogen-bond acceptors (Lipinski definition) is 4. The minimum atomic E-state index is 0. The van der Waals surface area contributed by atoms with Gasteiger partial charge in [-0.25, -0.2) is 0 Å². The average Bonchev–Trinajstić information content (AvgIpc) is 3.26. The zero-order chi connectivity index (χ0) is 19.3. The molecule has 1 saturated heterocycles. The van der Waals surface area contributed by atoms with E-state index in [2.05, 4.69) is 45.9 Å². The van der Waals surface area contributed by atoms with E-state index in [-0.39, 0.29) is 24.0 Å². The molecular formula is C22H33IN4O2. The Morgan fingerprint density at radius 3 is 2.45 bits per heavy atom. The fourth-order valence-corrected chi connectivity index (χ4v) is 3.21. The second-order valence-electron chi connectivity index (χ2n) is 6.96. The van der Waals surface area contributed by atoms with Crippen LogP contribution in [0.1, 0.15) is 17.7 Å². The number of ether oxygens (including phenoxy) is 1. The van der Waals surface area contributed by atoms with Gasteiger partial charge >= 0.3 is 0 Å². The van der Waals surface area contributed by atoms with Crippen LogP contribution in [0.4, 0.5) is 0 Å². The van der Waals surface area contributed by atoms with E-state index < -0.39 is 0 Å². The zero-order valence-electron chi connectivity index (χ0n) is 17.0. The summed E-state index contributed by atoms with van der Waals surface area (Å²) in [5.41, 5.74) is 1.33. The Morgan fingerprint density at radius 2 is 1.72 bits per heavy atom. The maximum absolute atomic E-state index is 5.40. The van der Waals surface area contributed by atoms with Crippen LogP contribution in [0.25, 0.3) is 0 Å². The van der Waals surface area contributed by atoms with Gasteiger partial charge in [0.2, 0.25) is 0 Å². The Bertz CT molecular complexity index is 673. The predicted octanol–water partition coefficient (Wildman–Crippen LogP) is 2.94. The molecule has 0 amide bonds. The number of hydrogen-bond donors (Lipinski definition) is 2. The SMILES string of the molecule is I.c1ccc(CCNC(=NCCCN2CCOCC2)NCCc2ccco2)cc1. The van der Waals surface area contributed by atoms with Crippen molar-refractivity contribution in [3.05, 3.63) is 60.1 Å². The number of aliphatic imine (C=N–C) groups is 1. The Kier molecular flexibility index (Phi) is 11.8. The van der Waals surface area contributed by atoms with Crippen molar-refractivity contribution in [3.8, 4) is 0 Å². The molecule has 0 spiro atoms. The molecule has 0 radical (unpaired) electrons. The van der Waals surface area contributed by atoms with Gasteiger partial charge < -0.3 is 19.8 Å². The number of benzene rings is 1. The van der Waals surface area contributed by atoms with Crippen molar-refractivity contribution in [2.45, 2.75) is 19.3 Å². The van der Waals surface area contributed by atoms with Crippen LogP contribution in [0, 0.1) is 0 Å². The first-order valence-electron chi connectivity index (χ1n) is 10.3. The monoisotopic (exact) mass is 512 g/mol. The Balaban J connectivity index is 0.00000300. The van der Waals surface area contributed by atoms with Gasteiger partial charge in [-0.15, -0.1) is 24.0 Å². The Labute approximate surface area is 191 Å². The van der Waals surface area contributed by atoms with E-state index >= 15 is 0 Å². The topological polar surface area (TPSA) is 62.0 Å². The average molecular weight is 512 g/mol. The van der Waals surface area contributed by atoms with Gasteiger partial charge in [0.15, 0.2) is 5.96 Å². The molecule has 7 heteroatoms. The van der Waals surface area contributed by atoms with Crippen LogP contribution in [0.3, 0.4) is 0 Å². The minimum absolute atomic E-state index is 0. The number of rotatable bonds is 10. The van der Waals surface area contributed by atoms with Gasteiger partial charge in [0.1, 0.15) is 5.76 Å². The van der Waals surface area contributed by atoms with E-state index in [0.29, 0.717) is 0 Å². The van der Waals surface area contributed by atoms with Gasteiger partial charge in [-0.1, -0.05) is 30.3 Å². The van der Waals surface area contributed by atoms with Crippen LogP contribution >= 0.6 is 24.0 Å². The highest BCUT2D eigenvalue weighted by molar-refractivity contribution is 14.0. The lowest BCUT2D eigenvalue weighted by atomic mass is 10.1. The van der Waals surface area contributed by atoms with Crippen molar-refractivity contribution in [1.82, 2.24) is 15.5 Å². The maximum Gasteiger partial charge on any atom is 0.191 e. The highest BCUT2D eigenvalue weighted by atomic mass is 127. The summed E-state index contributed by atoms with van der Waals surface area (Å²) in [6, 6.07) is 14.5. The summed E-state index contributed by atoms with van der Waals surface area (Å²) in [5, 5.41) is 6.89. The second-order valence-corrected chi connectivity index (χ2v) is 6.96. The normalized spacial score (nSPS) is 15.0. The third kappa shape index (κ3) is 9.64. The standard InChI is InChI=1S/C22H32N4O2.HI/c1-2-6-20(7-3-1)9-12-24-22(25-13-10-21-8-4-17-28-21)23-11-5-14-26-15-18-27-19-16-26;/h1-4,6-8,17H,5,9-16,18-19H2,(H2,23,24,25);1H. The Hall–Kier alpha value is -1.58. The maximum atomic E-state index is 5.40. The van der Waals surface area contributed by atoms with E-state index in [1.54, 1.807) is 6.26 Å². The highest BCUT2D eigenvalue weighted by Gasteiger charge is 2.09. The minimum Gasteiger partial charge on any atom is -0.469 e. The smallest absolute Gasteiger partial charge is 0.191 e. The second kappa shape index (κ2) is 14.4. The molecule has 0 saturated carbocycles. The molecule has 3 rings (SSSR count). The van der Waals surface area contributed by atoms with Crippen molar-refractivity contribution in [1.29, 1.82) is 0 Å². The molecule has 1 aromatic carbocycles. The van der Waals surface area contributed by atoms with E-state index in [1.807, 2.05) is 12.1 Å². The number of guanidine groups is 1. The summed E-state index contributed by atoms with van der Waals surface area (Å²) in [5.74, 6) is 1.87. The molecule has 6 nitrogen and oxygen atoms in total. The third-order valence-corrected chi connectivity index (χ3v) is 4.80. The molecule has 1 aliphatic rings. The van der Waals surface area contributed by atoms with Crippen molar-refractivity contribution in [2.75, 3.05) is 52.5 Å². The molecule has 1 aromatic heterocycles. The Morgan fingerprint density at radius 1 is 0.966 bits per heavy atom. The van der Waals surface area contributed by atoms with Gasteiger partial charge in [-0.05, 0) is 30.5 Å². The van der Waals surface area contributed by atoms with Gasteiger partial charge in [0, 0.05) is 45.7 Å². The molecule has 2 aromatic rings. The number of morpholine rings is 1. The summed E-state index contributed by atoms with van der Waals surface area (Å²) in [6.45, 7) is 7.33. The number of furan rings is 1. The highest BCUT2D eigenvalue weighted by Crippen LogP contribution is 2.01. The quantitative estimate of drug-likeness (QED) is 0.222. The van der Waals surface area contributed by atoms with Crippen LogP contribution in [0.15, 0.2) is 58.1 Å². The fraction of sp³-hybridized carbons (Fsp3) is 0.500. The lowest BCUT2D eigenvalue weighted by Crippen LogP contribution is -2.40. The summed E-state index contributed by atoms with van der Waals surface area (Å²) in [6.07, 6.45) is 4.60. The molecule has 0 unspecified atom stereocenters. The van der Waals surface area contributed by atoms with Crippen LogP contribution in [0.5, 0.6) is 0 Å². The first-order valence-corrected chi connectivity index (χ1v) is 10.3. The zero-order valence-corrected chi connectivity index (χ0v) is 19.3. The van der Waals surface area contributed by atoms with E-state index in [4.69, 9.17) is 14.1 Å². The van der Waals surface area contributed by atoms with Crippen LogP contribution in [-0.2, 0) is 17.6 Å². The number of nitrogens with one attached hydrogen (secondary N) is 2. The molecule has 2 heterocycles. The van der Waals surface area contributed by atoms with Crippen LogP contribution in [-0.4, -0.2) is 63.3 Å². The van der Waals surface area contributed by atoms with E-state index in [9.17, 15) is 0 Å².